The standard InChI is InChI=1S/C30H59NO13S.C2H5N/c1-3-7-34-8-9-35-10-11-37-15-18-40-21-24-43-44-25-22-41-19-16-38-13-12-36-14-17-39-20-23-42-30(33)5-4-29(28(2)32)27-45-26-6-31;1-2-3/h29H,3-27,31H2,1-2H3;2-3H,1H3. The molecule has 0 saturated carbocycles. The fourth-order valence-corrected chi connectivity index (χ4v) is 4.28. The summed E-state index contributed by atoms with van der Waals surface area (Å²) in [5, 5.41) is 6.08. The first-order chi connectivity index (χ1) is 23.5. The Balaban J connectivity index is 0. The van der Waals surface area contributed by atoms with Crippen molar-refractivity contribution >= 4 is 29.7 Å². The van der Waals surface area contributed by atoms with Gasteiger partial charge in [0.25, 0.3) is 0 Å². The minimum Gasteiger partial charge on any atom is -0.463 e. The summed E-state index contributed by atoms with van der Waals surface area (Å²) < 4.78 is 48.3. The van der Waals surface area contributed by atoms with Crippen molar-refractivity contribution in [2.75, 3.05) is 144 Å². The van der Waals surface area contributed by atoms with Gasteiger partial charge in [-0.1, -0.05) is 6.92 Å². The van der Waals surface area contributed by atoms with Gasteiger partial charge in [0.1, 0.15) is 25.6 Å². The van der Waals surface area contributed by atoms with Crippen LogP contribution < -0.4 is 5.73 Å². The summed E-state index contributed by atoms with van der Waals surface area (Å²) in [6, 6.07) is 0. The summed E-state index contributed by atoms with van der Waals surface area (Å²) in [6.07, 6.45) is 2.96. The third-order valence-electron chi connectivity index (χ3n) is 5.63. The van der Waals surface area contributed by atoms with Crippen molar-refractivity contribution in [1.29, 1.82) is 5.41 Å². The molecule has 15 nitrogen and oxygen atoms in total. The first-order valence-electron chi connectivity index (χ1n) is 16.8. The molecular weight excluding hydrogens is 652 g/mol. The number of carbonyl (C=O) groups is 2. The zero-order chi connectivity index (χ0) is 35.6. The highest BCUT2D eigenvalue weighted by Crippen LogP contribution is 2.15. The number of nitrogens with two attached hydrogens (primary N) is 1. The van der Waals surface area contributed by atoms with Crippen LogP contribution in [0.5, 0.6) is 0 Å². The number of hydrogen-bond acceptors (Lipinski definition) is 16. The molecule has 16 heteroatoms. The predicted octanol–water partition coefficient (Wildman–Crippen LogP) is 2.35. The van der Waals surface area contributed by atoms with Gasteiger partial charge in [-0.05, 0) is 32.9 Å². The number of hydrogen-bond donors (Lipinski definition) is 2. The van der Waals surface area contributed by atoms with Gasteiger partial charge in [0.15, 0.2) is 0 Å². The van der Waals surface area contributed by atoms with E-state index in [1.165, 1.54) is 6.21 Å². The Labute approximate surface area is 292 Å². The quantitative estimate of drug-likeness (QED) is 0.0312. The Morgan fingerprint density at radius 1 is 0.646 bits per heavy atom. The van der Waals surface area contributed by atoms with E-state index in [1.54, 1.807) is 25.6 Å². The van der Waals surface area contributed by atoms with E-state index in [1.807, 2.05) is 0 Å². The Morgan fingerprint density at radius 2 is 1.00 bits per heavy atom. The molecule has 0 aliphatic carbocycles. The largest absolute Gasteiger partial charge is 0.463 e. The van der Waals surface area contributed by atoms with Crippen LogP contribution in [0.2, 0.25) is 0 Å². The van der Waals surface area contributed by atoms with E-state index in [0.29, 0.717) is 124 Å². The normalized spacial score (nSPS) is 11.6. The van der Waals surface area contributed by atoms with Crippen LogP contribution in [-0.2, 0) is 62.0 Å². The van der Waals surface area contributed by atoms with Gasteiger partial charge >= 0.3 is 5.97 Å². The van der Waals surface area contributed by atoms with Gasteiger partial charge in [-0.15, -0.1) is 0 Å². The Morgan fingerprint density at radius 3 is 1.35 bits per heavy atom. The molecule has 0 aromatic carbocycles. The molecule has 0 saturated heterocycles. The molecular formula is C32H64N2O13S. The van der Waals surface area contributed by atoms with Crippen LogP contribution in [0.3, 0.4) is 0 Å². The molecule has 286 valence electrons. The average molecular weight is 717 g/mol. The molecule has 0 fully saturated rings. The van der Waals surface area contributed by atoms with Crippen molar-refractivity contribution < 1.29 is 62.0 Å². The van der Waals surface area contributed by atoms with Crippen LogP contribution in [0, 0.1) is 11.3 Å². The SMILES string of the molecule is CC=N.CCCOCCOCCOCCOCCOOCCOCCOCCOCCOCCOC(=O)CCC(CSCCN)C(C)=O. The van der Waals surface area contributed by atoms with Crippen LogP contribution in [0.4, 0.5) is 0 Å². The third-order valence-corrected chi connectivity index (χ3v) is 6.79. The van der Waals surface area contributed by atoms with Crippen molar-refractivity contribution in [3.63, 3.8) is 0 Å². The van der Waals surface area contributed by atoms with Crippen molar-refractivity contribution in [1.82, 2.24) is 0 Å². The number of rotatable bonds is 38. The number of ether oxygens (including phenoxy) is 9. The topological polar surface area (TPSA) is 186 Å². The minimum atomic E-state index is -0.326. The second-order valence-corrected chi connectivity index (χ2v) is 10.9. The summed E-state index contributed by atoms with van der Waals surface area (Å²) >= 11 is 1.63. The van der Waals surface area contributed by atoms with Gasteiger partial charge in [-0.3, -0.25) is 9.59 Å². The minimum absolute atomic E-state index is 0.0839. The molecule has 3 N–H and O–H groups in total. The highest BCUT2D eigenvalue weighted by Gasteiger charge is 2.16. The molecule has 0 amide bonds. The molecule has 0 spiro atoms. The fourth-order valence-electron chi connectivity index (χ4n) is 3.26. The second kappa shape index (κ2) is 43.7. The molecule has 0 aromatic rings. The number of thioether (sulfide) groups is 1. The number of ketones is 1. The van der Waals surface area contributed by atoms with E-state index in [4.69, 9.17) is 63.5 Å². The summed E-state index contributed by atoms with van der Waals surface area (Å²) in [6.45, 7) is 14.3. The molecule has 0 rings (SSSR count). The third kappa shape index (κ3) is 42.7. The van der Waals surface area contributed by atoms with Crippen molar-refractivity contribution in [3.8, 4) is 0 Å². The lowest BCUT2D eigenvalue weighted by Gasteiger charge is -2.13. The first-order valence-corrected chi connectivity index (χ1v) is 17.9. The Kier molecular flexibility index (Phi) is 44.5. The van der Waals surface area contributed by atoms with Crippen molar-refractivity contribution in [2.24, 2.45) is 11.7 Å². The number of carbonyl (C=O) groups excluding carboxylic acids is 2. The Hall–Kier alpha value is -1.28. The van der Waals surface area contributed by atoms with Crippen LogP contribution in [0.15, 0.2) is 0 Å². The van der Waals surface area contributed by atoms with Crippen molar-refractivity contribution in [3.05, 3.63) is 0 Å². The lowest BCUT2D eigenvalue weighted by Crippen LogP contribution is -2.18. The first kappa shape index (κ1) is 48.8. The zero-order valence-corrected chi connectivity index (χ0v) is 30.4. The lowest BCUT2D eigenvalue weighted by atomic mass is 10.0. The molecule has 0 bridgehead atoms. The highest BCUT2D eigenvalue weighted by molar-refractivity contribution is 7.99. The van der Waals surface area contributed by atoms with E-state index >= 15 is 0 Å². The van der Waals surface area contributed by atoms with Crippen LogP contribution in [0.25, 0.3) is 0 Å². The maximum atomic E-state index is 11.9. The van der Waals surface area contributed by atoms with Gasteiger partial charge < -0.3 is 53.8 Å². The molecule has 0 aromatic heterocycles. The number of Topliss-reactive ketones (excluding diaryl/α,β-unsaturated/α-hetero) is 1. The highest BCUT2D eigenvalue weighted by atomic mass is 32.2. The van der Waals surface area contributed by atoms with Gasteiger partial charge in [-0.25, -0.2) is 9.78 Å². The molecule has 1 unspecified atom stereocenters. The lowest BCUT2D eigenvalue weighted by molar-refractivity contribution is -0.303. The van der Waals surface area contributed by atoms with Crippen LogP contribution >= 0.6 is 11.8 Å². The molecule has 0 aliphatic heterocycles. The maximum Gasteiger partial charge on any atom is 0.305 e. The summed E-state index contributed by atoms with van der Waals surface area (Å²) in [4.78, 5) is 33.6. The molecule has 0 radical (unpaired) electrons. The molecule has 0 aliphatic rings. The van der Waals surface area contributed by atoms with E-state index in [-0.39, 0.29) is 37.3 Å². The van der Waals surface area contributed by atoms with E-state index < -0.39 is 0 Å². The summed E-state index contributed by atoms with van der Waals surface area (Å²) in [7, 11) is 0. The molecule has 1 atom stereocenters. The van der Waals surface area contributed by atoms with E-state index in [2.05, 4.69) is 6.92 Å². The molecule has 0 heterocycles. The predicted molar refractivity (Wildman–Crippen MR) is 184 cm³/mol. The summed E-state index contributed by atoms with van der Waals surface area (Å²) in [5.74, 6) is 1.09. The van der Waals surface area contributed by atoms with Crippen LogP contribution in [0.1, 0.15) is 40.0 Å². The van der Waals surface area contributed by atoms with E-state index in [0.717, 1.165) is 18.8 Å². The zero-order valence-electron chi connectivity index (χ0n) is 29.6. The maximum absolute atomic E-state index is 11.9. The fraction of sp³-hybridized carbons (Fsp3) is 0.906. The van der Waals surface area contributed by atoms with Gasteiger partial charge in [0.05, 0.1) is 99.1 Å². The van der Waals surface area contributed by atoms with Crippen molar-refractivity contribution in [2.45, 2.75) is 40.0 Å². The smallest absolute Gasteiger partial charge is 0.305 e. The second-order valence-electron chi connectivity index (χ2n) is 9.76. The van der Waals surface area contributed by atoms with E-state index in [9.17, 15) is 9.59 Å². The van der Waals surface area contributed by atoms with Crippen LogP contribution in [-0.4, -0.2) is 162 Å². The molecule has 48 heavy (non-hydrogen) atoms. The number of nitrogens with one attached hydrogen (secondary N) is 1. The van der Waals surface area contributed by atoms with Gasteiger partial charge in [-0.2, -0.15) is 11.8 Å². The van der Waals surface area contributed by atoms with Gasteiger partial charge in [0, 0.05) is 37.0 Å². The van der Waals surface area contributed by atoms with Gasteiger partial charge in [0.2, 0.25) is 0 Å². The Bertz CT molecular complexity index is 684. The summed E-state index contributed by atoms with van der Waals surface area (Å²) in [5.41, 5.74) is 5.47. The average Bonchev–Trinajstić information content (AvgIpc) is 3.07. The monoisotopic (exact) mass is 716 g/mol. The number of esters is 1.